The van der Waals surface area contributed by atoms with Crippen LogP contribution in [-0.4, -0.2) is 42.0 Å². The number of nitrogens with zero attached hydrogens (tertiary/aromatic N) is 5. The molecule has 4 aromatic rings. The van der Waals surface area contributed by atoms with Crippen molar-refractivity contribution in [3.63, 3.8) is 0 Å². The molecule has 0 saturated carbocycles. The highest BCUT2D eigenvalue weighted by Gasteiger charge is 2.23. The fourth-order valence-electron chi connectivity index (χ4n) is 4.35. The molecule has 3 aromatic carbocycles. The van der Waals surface area contributed by atoms with E-state index < -0.39 is 0 Å². The molecule has 6 heteroatoms. The van der Waals surface area contributed by atoms with Gasteiger partial charge in [0.25, 0.3) is 5.91 Å². The van der Waals surface area contributed by atoms with Crippen LogP contribution in [0.3, 0.4) is 0 Å². The molecule has 0 atom stereocenters. The predicted octanol–water partition coefficient (Wildman–Crippen LogP) is 4.61. The molecule has 0 bridgehead atoms. The molecular formula is C28H21N5O. The average Bonchev–Trinajstić information content (AvgIpc) is 2.92. The number of anilines is 1. The lowest BCUT2D eigenvalue weighted by Crippen LogP contribution is -2.49. The van der Waals surface area contributed by atoms with Gasteiger partial charge in [0.1, 0.15) is 5.82 Å². The van der Waals surface area contributed by atoms with Gasteiger partial charge in [0.05, 0.1) is 28.8 Å². The lowest BCUT2D eigenvalue weighted by molar-refractivity contribution is 0.0746. The lowest BCUT2D eigenvalue weighted by atomic mass is 10.0. The quantitative estimate of drug-likeness (QED) is 0.462. The SMILES string of the molecule is N#Cc1cccc(C(=O)N2CCN(c3ccc4cccc(-c5cccc(C#N)c5)c4n3)CC2)c1. The van der Waals surface area contributed by atoms with E-state index in [1.807, 2.05) is 47.4 Å². The van der Waals surface area contributed by atoms with Gasteiger partial charge in [-0.1, -0.05) is 36.4 Å². The number of carbonyl (C=O) groups excluding carboxylic acids is 1. The summed E-state index contributed by atoms with van der Waals surface area (Å²) in [5.74, 6) is 0.817. The van der Waals surface area contributed by atoms with Gasteiger partial charge in [0.15, 0.2) is 0 Å². The van der Waals surface area contributed by atoms with Crippen LogP contribution in [0.15, 0.2) is 78.9 Å². The predicted molar refractivity (Wildman–Crippen MR) is 131 cm³/mol. The molecule has 1 saturated heterocycles. The molecule has 1 aromatic heterocycles. The number of hydrogen-bond acceptors (Lipinski definition) is 5. The van der Waals surface area contributed by atoms with E-state index in [1.165, 1.54) is 0 Å². The molecule has 1 amide bonds. The summed E-state index contributed by atoms with van der Waals surface area (Å²) in [7, 11) is 0. The molecule has 1 fully saturated rings. The number of nitriles is 2. The second kappa shape index (κ2) is 9.05. The largest absolute Gasteiger partial charge is 0.353 e. The van der Waals surface area contributed by atoms with Gasteiger partial charge in [0, 0.05) is 42.7 Å². The number of pyridine rings is 1. The van der Waals surface area contributed by atoms with Crippen molar-refractivity contribution in [2.45, 2.75) is 0 Å². The van der Waals surface area contributed by atoms with E-state index in [0.717, 1.165) is 27.8 Å². The zero-order valence-corrected chi connectivity index (χ0v) is 18.5. The Balaban J connectivity index is 1.38. The van der Waals surface area contributed by atoms with E-state index in [2.05, 4.69) is 23.1 Å². The summed E-state index contributed by atoms with van der Waals surface area (Å²) < 4.78 is 0. The molecular weight excluding hydrogens is 422 g/mol. The Morgan fingerprint density at radius 1 is 0.794 bits per heavy atom. The molecule has 5 rings (SSSR count). The number of amides is 1. The maximum absolute atomic E-state index is 12.9. The molecule has 0 N–H and O–H groups in total. The highest BCUT2D eigenvalue weighted by molar-refractivity contribution is 5.95. The summed E-state index contributed by atoms with van der Waals surface area (Å²) in [6, 6.07) is 28.8. The summed E-state index contributed by atoms with van der Waals surface area (Å²) in [5, 5.41) is 19.4. The van der Waals surface area contributed by atoms with E-state index in [4.69, 9.17) is 10.2 Å². The summed E-state index contributed by atoms with van der Waals surface area (Å²) in [5.41, 5.74) is 4.49. The van der Waals surface area contributed by atoms with Gasteiger partial charge in [-0.05, 0) is 48.0 Å². The first-order valence-corrected chi connectivity index (χ1v) is 11.1. The van der Waals surface area contributed by atoms with E-state index in [-0.39, 0.29) is 5.91 Å². The zero-order valence-electron chi connectivity index (χ0n) is 18.5. The van der Waals surface area contributed by atoms with Crippen LogP contribution in [0.25, 0.3) is 22.0 Å². The van der Waals surface area contributed by atoms with Crippen LogP contribution in [-0.2, 0) is 0 Å². The van der Waals surface area contributed by atoms with E-state index in [9.17, 15) is 10.1 Å². The van der Waals surface area contributed by atoms with Crippen LogP contribution in [0.1, 0.15) is 21.5 Å². The van der Waals surface area contributed by atoms with Crippen LogP contribution < -0.4 is 4.90 Å². The van der Waals surface area contributed by atoms with Gasteiger partial charge in [0.2, 0.25) is 0 Å². The maximum Gasteiger partial charge on any atom is 0.254 e. The molecule has 0 spiro atoms. The van der Waals surface area contributed by atoms with E-state index >= 15 is 0 Å². The van der Waals surface area contributed by atoms with Crippen LogP contribution in [0.2, 0.25) is 0 Å². The number of rotatable bonds is 3. The Hall–Kier alpha value is -4.68. The first-order chi connectivity index (χ1) is 16.7. The van der Waals surface area contributed by atoms with Crippen molar-refractivity contribution in [3.8, 4) is 23.3 Å². The Morgan fingerprint density at radius 3 is 2.26 bits per heavy atom. The summed E-state index contributed by atoms with van der Waals surface area (Å²) >= 11 is 0. The highest BCUT2D eigenvalue weighted by Crippen LogP contribution is 2.30. The van der Waals surface area contributed by atoms with Gasteiger partial charge >= 0.3 is 0 Å². The number of hydrogen-bond donors (Lipinski definition) is 0. The van der Waals surface area contributed by atoms with E-state index in [0.29, 0.717) is 42.9 Å². The number of fused-ring (bicyclic) bond motifs is 1. The van der Waals surface area contributed by atoms with Crippen LogP contribution in [0.4, 0.5) is 5.82 Å². The number of carbonyl (C=O) groups is 1. The lowest BCUT2D eigenvalue weighted by Gasteiger charge is -2.35. The molecule has 34 heavy (non-hydrogen) atoms. The number of piperazine rings is 1. The summed E-state index contributed by atoms with van der Waals surface area (Å²) in [6.45, 7) is 2.52. The van der Waals surface area contributed by atoms with Gasteiger partial charge in [-0.2, -0.15) is 10.5 Å². The summed E-state index contributed by atoms with van der Waals surface area (Å²) in [4.78, 5) is 21.9. The fourth-order valence-corrected chi connectivity index (χ4v) is 4.35. The van der Waals surface area contributed by atoms with Crippen molar-refractivity contribution < 1.29 is 4.79 Å². The molecule has 1 aliphatic heterocycles. The topological polar surface area (TPSA) is 84.0 Å². The first kappa shape index (κ1) is 21.2. The molecule has 0 aliphatic carbocycles. The molecule has 1 aliphatic rings. The smallest absolute Gasteiger partial charge is 0.254 e. The van der Waals surface area contributed by atoms with Gasteiger partial charge < -0.3 is 9.80 Å². The fraction of sp³-hybridized carbons (Fsp3) is 0.143. The Bertz CT molecular complexity index is 1470. The van der Waals surface area contributed by atoms with Crippen molar-refractivity contribution in [3.05, 3.63) is 95.6 Å². The number of benzene rings is 3. The van der Waals surface area contributed by atoms with Gasteiger partial charge in [-0.25, -0.2) is 4.98 Å². The average molecular weight is 444 g/mol. The molecule has 0 radical (unpaired) electrons. The Kier molecular flexibility index (Phi) is 5.64. The monoisotopic (exact) mass is 443 g/mol. The number of para-hydroxylation sites is 1. The Labute approximate surface area is 197 Å². The van der Waals surface area contributed by atoms with Crippen LogP contribution in [0.5, 0.6) is 0 Å². The van der Waals surface area contributed by atoms with Crippen molar-refractivity contribution in [2.24, 2.45) is 0 Å². The Morgan fingerprint density at radius 2 is 1.50 bits per heavy atom. The van der Waals surface area contributed by atoms with Crippen LogP contribution in [0, 0.1) is 22.7 Å². The second-order valence-corrected chi connectivity index (χ2v) is 8.21. The minimum Gasteiger partial charge on any atom is -0.353 e. The molecule has 0 unspecified atom stereocenters. The first-order valence-electron chi connectivity index (χ1n) is 11.1. The van der Waals surface area contributed by atoms with Crippen molar-refractivity contribution >= 4 is 22.6 Å². The third-order valence-electron chi connectivity index (χ3n) is 6.14. The normalized spacial score (nSPS) is 13.4. The third-order valence-corrected chi connectivity index (χ3v) is 6.14. The summed E-state index contributed by atoms with van der Waals surface area (Å²) in [6.07, 6.45) is 0. The van der Waals surface area contributed by atoms with Gasteiger partial charge in [-0.3, -0.25) is 4.79 Å². The number of aromatic nitrogens is 1. The van der Waals surface area contributed by atoms with E-state index in [1.54, 1.807) is 30.3 Å². The highest BCUT2D eigenvalue weighted by atomic mass is 16.2. The second-order valence-electron chi connectivity index (χ2n) is 8.21. The van der Waals surface area contributed by atoms with Crippen LogP contribution >= 0.6 is 0 Å². The molecule has 2 heterocycles. The van der Waals surface area contributed by atoms with Gasteiger partial charge in [-0.15, -0.1) is 0 Å². The molecule has 6 nitrogen and oxygen atoms in total. The standard InChI is InChI=1S/C28H21N5O/c29-18-20-4-1-7-23(16-20)25-9-3-6-22-10-11-26(31-27(22)25)32-12-14-33(15-13-32)28(34)24-8-2-5-21(17-24)19-30/h1-11,16-17H,12-15H2. The van der Waals surface area contributed by atoms with Crippen molar-refractivity contribution in [1.82, 2.24) is 9.88 Å². The third kappa shape index (κ3) is 4.05. The van der Waals surface area contributed by atoms with Crippen molar-refractivity contribution in [1.29, 1.82) is 10.5 Å². The van der Waals surface area contributed by atoms with Crippen molar-refractivity contribution in [2.75, 3.05) is 31.1 Å². The maximum atomic E-state index is 12.9. The minimum absolute atomic E-state index is 0.0529. The zero-order chi connectivity index (χ0) is 23.5. The minimum atomic E-state index is -0.0529. The molecule has 164 valence electrons.